The van der Waals surface area contributed by atoms with Gasteiger partial charge in [-0.25, -0.2) is 0 Å². The summed E-state index contributed by atoms with van der Waals surface area (Å²) in [6.45, 7) is 2.74. The largest absolute Gasteiger partial charge is 0.492 e. The number of carbonyl (C=O) groups excluding carboxylic acids is 2. The van der Waals surface area contributed by atoms with Gasteiger partial charge < -0.3 is 15.4 Å². The lowest BCUT2D eigenvalue weighted by Gasteiger charge is -2.17. The van der Waals surface area contributed by atoms with E-state index in [2.05, 4.69) is 15.6 Å². The number of nitrogens with zero attached hydrogens (tertiary/aromatic N) is 1. The third-order valence-corrected chi connectivity index (χ3v) is 4.23. The molecule has 0 unspecified atom stereocenters. The molecule has 3 rings (SSSR count). The van der Waals surface area contributed by atoms with Crippen LogP contribution in [0, 0.1) is 5.41 Å². The predicted octanol–water partition coefficient (Wildman–Crippen LogP) is 2.52. The minimum absolute atomic E-state index is 0.247. The summed E-state index contributed by atoms with van der Waals surface area (Å²) in [5.74, 6) is 0.0657. The topological polar surface area (TPSA) is 80.3 Å². The summed E-state index contributed by atoms with van der Waals surface area (Å²) in [6.07, 6.45) is 4.47. The van der Waals surface area contributed by atoms with Crippen molar-refractivity contribution >= 4 is 17.5 Å². The predicted molar refractivity (Wildman–Crippen MR) is 94.0 cm³/mol. The quantitative estimate of drug-likeness (QED) is 0.760. The molecule has 6 nitrogen and oxygen atoms in total. The van der Waals surface area contributed by atoms with Crippen LogP contribution < -0.4 is 15.4 Å². The van der Waals surface area contributed by atoms with Gasteiger partial charge in [0.2, 0.25) is 11.8 Å². The van der Waals surface area contributed by atoms with E-state index in [4.69, 9.17) is 4.74 Å². The SMILES string of the molecule is CCOc1ccccc1NC(=O)C1(C(=O)NCc2cccnc2)CC1. The van der Waals surface area contributed by atoms with E-state index in [-0.39, 0.29) is 11.8 Å². The van der Waals surface area contributed by atoms with Gasteiger partial charge in [-0.05, 0) is 43.5 Å². The van der Waals surface area contributed by atoms with Crippen molar-refractivity contribution in [2.24, 2.45) is 5.41 Å². The fourth-order valence-electron chi connectivity index (χ4n) is 2.63. The Hall–Kier alpha value is -2.89. The summed E-state index contributed by atoms with van der Waals surface area (Å²) in [7, 11) is 0. The number of aromatic nitrogens is 1. The lowest BCUT2D eigenvalue weighted by molar-refractivity contribution is -0.134. The van der Waals surface area contributed by atoms with Crippen molar-refractivity contribution in [3.05, 3.63) is 54.4 Å². The van der Waals surface area contributed by atoms with Crippen molar-refractivity contribution in [3.8, 4) is 5.75 Å². The Balaban J connectivity index is 1.64. The Labute approximate surface area is 146 Å². The molecule has 1 aromatic heterocycles. The Morgan fingerprint density at radius 1 is 1.16 bits per heavy atom. The molecule has 1 saturated carbocycles. The zero-order chi connectivity index (χ0) is 17.7. The van der Waals surface area contributed by atoms with Crippen LogP contribution in [0.15, 0.2) is 48.8 Å². The van der Waals surface area contributed by atoms with Crippen LogP contribution in [0.2, 0.25) is 0 Å². The van der Waals surface area contributed by atoms with Gasteiger partial charge >= 0.3 is 0 Å². The van der Waals surface area contributed by atoms with E-state index in [0.717, 1.165) is 5.56 Å². The van der Waals surface area contributed by atoms with Crippen LogP contribution in [0.1, 0.15) is 25.3 Å². The molecule has 0 bridgehead atoms. The van der Waals surface area contributed by atoms with E-state index in [1.54, 1.807) is 24.5 Å². The highest BCUT2D eigenvalue weighted by Gasteiger charge is 2.56. The van der Waals surface area contributed by atoms with E-state index < -0.39 is 5.41 Å². The van der Waals surface area contributed by atoms with Gasteiger partial charge in [-0.15, -0.1) is 0 Å². The lowest BCUT2D eigenvalue weighted by Crippen LogP contribution is -2.39. The molecule has 0 atom stereocenters. The normalized spacial score (nSPS) is 14.4. The van der Waals surface area contributed by atoms with Crippen LogP contribution in [0.5, 0.6) is 5.75 Å². The first-order valence-corrected chi connectivity index (χ1v) is 8.36. The molecule has 1 aliphatic carbocycles. The third-order valence-electron chi connectivity index (χ3n) is 4.23. The molecule has 1 fully saturated rings. The first kappa shape index (κ1) is 17.0. The average molecular weight is 339 g/mol. The average Bonchev–Trinajstić information content (AvgIpc) is 3.44. The second-order valence-corrected chi connectivity index (χ2v) is 6.01. The zero-order valence-electron chi connectivity index (χ0n) is 14.1. The van der Waals surface area contributed by atoms with Crippen LogP contribution in [0.4, 0.5) is 5.69 Å². The summed E-state index contributed by atoms with van der Waals surface area (Å²) in [6, 6.07) is 10.9. The maximum atomic E-state index is 12.7. The Morgan fingerprint density at radius 3 is 2.64 bits per heavy atom. The Morgan fingerprint density at radius 2 is 1.96 bits per heavy atom. The van der Waals surface area contributed by atoms with E-state index in [1.807, 2.05) is 31.2 Å². The number of ether oxygens (including phenoxy) is 1. The molecule has 25 heavy (non-hydrogen) atoms. The van der Waals surface area contributed by atoms with Crippen molar-refractivity contribution in [1.29, 1.82) is 0 Å². The van der Waals surface area contributed by atoms with Crippen LogP contribution in [0.25, 0.3) is 0 Å². The summed E-state index contributed by atoms with van der Waals surface area (Å²) in [4.78, 5) is 29.2. The molecule has 1 heterocycles. The van der Waals surface area contributed by atoms with Crippen molar-refractivity contribution in [2.75, 3.05) is 11.9 Å². The molecule has 1 aromatic carbocycles. The van der Waals surface area contributed by atoms with E-state index in [9.17, 15) is 9.59 Å². The van der Waals surface area contributed by atoms with E-state index >= 15 is 0 Å². The minimum Gasteiger partial charge on any atom is -0.492 e. The van der Waals surface area contributed by atoms with Crippen molar-refractivity contribution in [1.82, 2.24) is 10.3 Å². The van der Waals surface area contributed by atoms with Gasteiger partial charge in [0.1, 0.15) is 11.2 Å². The third kappa shape index (κ3) is 3.79. The molecule has 0 spiro atoms. The second-order valence-electron chi connectivity index (χ2n) is 6.01. The van der Waals surface area contributed by atoms with Crippen molar-refractivity contribution in [2.45, 2.75) is 26.3 Å². The Kier molecular flexibility index (Phi) is 4.97. The molecule has 0 saturated heterocycles. The van der Waals surface area contributed by atoms with Gasteiger partial charge in [0.15, 0.2) is 0 Å². The maximum absolute atomic E-state index is 12.7. The van der Waals surface area contributed by atoms with E-state index in [0.29, 0.717) is 37.4 Å². The maximum Gasteiger partial charge on any atom is 0.240 e. The first-order chi connectivity index (χ1) is 12.2. The van der Waals surface area contributed by atoms with Crippen LogP contribution in [-0.4, -0.2) is 23.4 Å². The second kappa shape index (κ2) is 7.34. The number of amides is 2. The Bertz CT molecular complexity index is 758. The lowest BCUT2D eigenvalue weighted by atomic mass is 10.0. The molecular formula is C19H21N3O3. The minimum atomic E-state index is -0.985. The monoisotopic (exact) mass is 339 g/mol. The highest BCUT2D eigenvalue weighted by molar-refractivity contribution is 6.13. The van der Waals surface area contributed by atoms with Gasteiger partial charge in [-0.3, -0.25) is 14.6 Å². The highest BCUT2D eigenvalue weighted by atomic mass is 16.5. The first-order valence-electron chi connectivity index (χ1n) is 8.36. The van der Waals surface area contributed by atoms with Gasteiger partial charge in [0, 0.05) is 18.9 Å². The standard InChI is InChI=1S/C19H21N3O3/c1-2-25-16-8-4-3-7-15(16)22-18(24)19(9-10-19)17(23)21-13-14-6-5-11-20-12-14/h3-8,11-12H,2,9-10,13H2,1H3,(H,21,23)(H,22,24). The molecule has 0 radical (unpaired) electrons. The molecule has 2 amide bonds. The van der Waals surface area contributed by atoms with Crippen molar-refractivity contribution < 1.29 is 14.3 Å². The molecular weight excluding hydrogens is 318 g/mol. The number of anilines is 1. The summed E-state index contributed by atoms with van der Waals surface area (Å²) in [5, 5.41) is 5.68. The number of carbonyl (C=O) groups is 2. The molecule has 2 N–H and O–H groups in total. The molecule has 1 aliphatic rings. The smallest absolute Gasteiger partial charge is 0.240 e. The van der Waals surface area contributed by atoms with Gasteiger partial charge in [-0.2, -0.15) is 0 Å². The number of rotatable bonds is 7. The van der Waals surface area contributed by atoms with Gasteiger partial charge in [-0.1, -0.05) is 18.2 Å². The summed E-state index contributed by atoms with van der Waals surface area (Å²) >= 11 is 0. The number of pyridine rings is 1. The molecule has 2 aromatic rings. The fourth-order valence-corrected chi connectivity index (χ4v) is 2.63. The van der Waals surface area contributed by atoms with Crippen molar-refractivity contribution in [3.63, 3.8) is 0 Å². The van der Waals surface area contributed by atoms with Crippen LogP contribution in [0.3, 0.4) is 0 Å². The molecule has 0 aliphatic heterocycles. The number of hydrogen-bond acceptors (Lipinski definition) is 4. The van der Waals surface area contributed by atoms with E-state index in [1.165, 1.54) is 0 Å². The summed E-state index contributed by atoms with van der Waals surface area (Å²) in [5.41, 5.74) is 0.496. The van der Waals surface area contributed by atoms with Gasteiger partial charge in [0.05, 0.1) is 12.3 Å². The van der Waals surface area contributed by atoms with Crippen LogP contribution >= 0.6 is 0 Å². The number of benzene rings is 1. The number of hydrogen-bond donors (Lipinski definition) is 2. The van der Waals surface area contributed by atoms with Crippen LogP contribution in [-0.2, 0) is 16.1 Å². The fraction of sp³-hybridized carbons (Fsp3) is 0.316. The summed E-state index contributed by atoms with van der Waals surface area (Å²) < 4.78 is 5.51. The molecule has 6 heteroatoms. The van der Waals surface area contributed by atoms with Gasteiger partial charge in [0.25, 0.3) is 0 Å². The highest BCUT2D eigenvalue weighted by Crippen LogP contribution is 2.47. The number of para-hydroxylation sites is 2. The number of nitrogens with one attached hydrogen (secondary N) is 2. The zero-order valence-corrected chi connectivity index (χ0v) is 14.1. The molecule has 130 valence electrons.